The first kappa shape index (κ1) is 9.47. The van der Waals surface area contributed by atoms with Crippen LogP contribution >= 0.6 is 0 Å². The molecule has 1 aromatic rings. The Labute approximate surface area is 85.1 Å². The SMILES string of the molecule is C=C1CC[C@@](C)(O)[C@H]1c1ccccc1. The second-order valence-electron chi connectivity index (χ2n) is 4.36. The van der Waals surface area contributed by atoms with Gasteiger partial charge in [-0.1, -0.05) is 42.5 Å². The second kappa shape index (κ2) is 3.25. The van der Waals surface area contributed by atoms with Crippen LogP contribution in [0.2, 0.25) is 0 Å². The zero-order valence-electron chi connectivity index (χ0n) is 8.53. The molecule has 0 unspecified atom stereocenters. The molecule has 1 heteroatoms. The van der Waals surface area contributed by atoms with Crippen molar-refractivity contribution in [3.63, 3.8) is 0 Å². The van der Waals surface area contributed by atoms with Crippen LogP contribution in [-0.2, 0) is 0 Å². The Balaban J connectivity index is 2.38. The summed E-state index contributed by atoms with van der Waals surface area (Å²) >= 11 is 0. The fourth-order valence-corrected chi connectivity index (χ4v) is 2.38. The molecule has 1 aliphatic rings. The van der Waals surface area contributed by atoms with Gasteiger partial charge < -0.3 is 5.11 Å². The Morgan fingerprint density at radius 2 is 2.00 bits per heavy atom. The van der Waals surface area contributed by atoms with Gasteiger partial charge in [0.05, 0.1) is 5.60 Å². The van der Waals surface area contributed by atoms with Crippen molar-refractivity contribution in [1.29, 1.82) is 0 Å². The molecule has 0 radical (unpaired) electrons. The lowest BCUT2D eigenvalue weighted by Crippen LogP contribution is -2.27. The van der Waals surface area contributed by atoms with Crippen LogP contribution in [0.5, 0.6) is 0 Å². The predicted octanol–water partition coefficient (Wildman–Crippen LogP) is 2.87. The third-order valence-electron chi connectivity index (χ3n) is 3.12. The first-order chi connectivity index (χ1) is 6.61. The summed E-state index contributed by atoms with van der Waals surface area (Å²) in [5.41, 5.74) is 1.72. The maximum Gasteiger partial charge on any atom is 0.0728 e. The lowest BCUT2D eigenvalue weighted by atomic mass is 9.85. The monoisotopic (exact) mass is 188 g/mol. The van der Waals surface area contributed by atoms with Gasteiger partial charge in [-0.15, -0.1) is 0 Å². The van der Waals surface area contributed by atoms with E-state index in [1.54, 1.807) is 0 Å². The van der Waals surface area contributed by atoms with Crippen molar-refractivity contribution in [3.05, 3.63) is 48.0 Å². The van der Waals surface area contributed by atoms with Crippen LogP contribution in [0.25, 0.3) is 0 Å². The molecule has 1 N–H and O–H groups in total. The Kier molecular flexibility index (Phi) is 2.20. The van der Waals surface area contributed by atoms with Crippen molar-refractivity contribution in [1.82, 2.24) is 0 Å². The summed E-state index contributed by atoms with van der Waals surface area (Å²) in [5.74, 6) is 0.115. The van der Waals surface area contributed by atoms with E-state index < -0.39 is 5.60 Å². The zero-order chi connectivity index (χ0) is 10.2. The van der Waals surface area contributed by atoms with Gasteiger partial charge in [0.15, 0.2) is 0 Å². The molecule has 14 heavy (non-hydrogen) atoms. The van der Waals surface area contributed by atoms with Gasteiger partial charge >= 0.3 is 0 Å². The van der Waals surface area contributed by atoms with E-state index in [1.165, 1.54) is 5.56 Å². The van der Waals surface area contributed by atoms with E-state index in [4.69, 9.17) is 0 Å². The molecule has 0 spiro atoms. The third-order valence-corrected chi connectivity index (χ3v) is 3.12. The second-order valence-corrected chi connectivity index (χ2v) is 4.36. The highest BCUT2D eigenvalue weighted by Gasteiger charge is 2.39. The molecule has 1 saturated carbocycles. The number of hydrogen-bond donors (Lipinski definition) is 1. The van der Waals surface area contributed by atoms with Crippen molar-refractivity contribution >= 4 is 0 Å². The Hall–Kier alpha value is -1.08. The lowest BCUT2D eigenvalue weighted by Gasteiger charge is -2.26. The Morgan fingerprint density at radius 3 is 2.50 bits per heavy atom. The van der Waals surface area contributed by atoms with Crippen molar-refractivity contribution in [2.24, 2.45) is 0 Å². The molecule has 2 rings (SSSR count). The van der Waals surface area contributed by atoms with Crippen LogP contribution in [0.1, 0.15) is 31.2 Å². The molecule has 0 bridgehead atoms. The molecule has 0 aliphatic heterocycles. The minimum absolute atomic E-state index is 0.115. The van der Waals surface area contributed by atoms with E-state index >= 15 is 0 Å². The first-order valence-corrected chi connectivity index (χ1v) is 5.06. The van der Waals surface area contributed by atoms with E-state index in [0.717, 1.165) is 18.4 Å². The molecular weight excluding hydrogens is 172 g/mol. The number of rotatable bonds is 1. The summed E-state index contributed by atoms with van der Waals surface area (Å²) in [7, 11) is 0. The van der Waals surface area contributed by atoms with E-state index in [2.05, 4.69) is 18.7 Å². The fraction of sp³-hybridized carbons (Fsp3) is 0.385. The minimum Gasteiger partial charge on any atom is -0.389 e. The molecule has 2 atom stereocenters. The number of aliphatic hydroxyl groups is 1. The summed E-state index contributed by atoms with van der Waals surface area (Å²) in [5, 5.41) is 10.2. The Morgan fingerprint density at radius 1 is 1.36 bits per heavy atom. The maximum atomic E-state index is 10.2. The van der Waals surface area contributed by atoms with E-state index in [1.807, 2.05) is 25.1 Å². The number of hydrogen-bond acceptors (Lipinski definition) is 1. The average Bonchev–Trinajstić information content (AvgIpc) is 2.42. The largest absolute Gasteiger partial charge is 0.389 e. The summed E-state index contributed by atoms with van der Waals surface area (Å²) in [4.78, 5) is 0. The summed E-state index contributed by atoms with van der Waals surface area (Å²) in [6.07, 6.45) is 1.76. The molecule has 1 nitrogen and oxygen atoms in total. The smallest absolute Gasteiger partial charge is 0.0728 e. The lowest BCUT2D eigenvalue weighted by molar-refractivity contribution is 0.0543. The van der Waals surface area contributed by atoms with Gasteiger partial charge in [0.1, 0.15) is 0 Å². The van der Waals surface area contributed by atoms with Crippen molar-refractivity contribution in [2.75, 3.05) is 0 Å². The van der Waals surface area contributed by atoms with Gasteiger partial charge in [0, 0.05) is 5.92 Å². The van der Waals surface area contributed by atoms with Crippen LogP contribution in [0.4, 0.5) is 0 Å². The molecule has 0 heterocycles. The predicted molar refractivity (Wildman–Crippen MR) is 58.2 cm³/mol. The van der Waals surface area contributed by atoms with Crippen molar-refractivity contribution in [2.45, 2.75) is 31.3 Å². The topological polar surface area (TPSA) is 20.2 Å². The van der Waals surface area contributed by atoms with E-state index in [-0.39, 0.29) is 5.92 Å². The molecule has 0 aromatic heterocycles. The number of benzene rings is 1. The van der Waals surface area contributed by atoms with E-state index in [9.17, 15) is 5.11 Å². The Bertz CT molecular complexity index is 338. The molecule has 1 aromatic carbocycles. The van der Waals surface area contributed by atoms with Crippen LogP contribution in [0, 0.1) is 0 Å². The zero-order valence-corrected chi connectivity index (χ0v) is 8.53. The molecule has 0 amide bonds. The molecule has 74 valence electrons. The van der Waals surface area contributed by atoms with Crippen LogP contribution in [0.15, 0.2) is 42.5 Å². The quantitative estimate of drug-likeness (QED) is 0.672. The summed E-state index contributed by atoms with van der Waals surface area (Å²) in [6.45, 7) is 5.95. The van der Waals surface area contributed by atoms with Gasteiger partial charge in [-0.05, 0) is 25.3 Å². The van der Waals surface area contributed by atoms with Gasteiger partial charge in [0.2, 0.25) is 0 Å². The average molecular weight is 188 g/mol. The third kappa shape index (κ3) is 1.48. The van der Waals surface area contributed by atoms with Gasteiger partial charge in [-0.25, -0.2) is 0 Å². The minimum atomic E-state index is -0.613. The van der Waals surface area contributed by atoms with Crippen molar-refractivity contribution < 1.29 is 5.11 Å². The summed E-state index contributed by atoms with van der Waals surface area (Å²) < 4.78 is 0. The fourth-order valence-electron chi connectivity index (χ4n) is 2.38. The van der Waals surface area contributed by atoms with E-state index in [0.29, 0.717) is 0 Å². The summed E-state index contributed by atoms with van der Waals surface area (Å²) in [6, 6.07) is 10.1. The normalized spacial score (nSPS) is 32.1. The maximum absolute atomic E-state index is 10.2. The molecule has 1 aliphatic carbocycles. The highest BCUT2D eigenvalue weighted by molar-refractivity contribution is 5.34. The molecule has 1 fully saturated rings. The van der Waals surface area contributed by atoms with Gasteiger partial charge in [-0.2, -0.15) is 0 Å². The molecule has 0 saturated heterocycles. The highest BCUT2D eigenvalue weighted by Crippen LogP contribution is 2.45. The standard InChI is InChI=1S/C13H16O/c1-10-8-9-13(2,14)12(10)11-6-4-3-5-7-11/h3-7,12,14H,1,8-9H2,2H3/t12-,13-/m1/s1. The van der Waals surface area contributed by atoms with Crippen molar-refractivity contribution in [3.8, 4) is 0 Å². The van der Waals surface area contributed by atoms with Crippen LogP contribution in [-0.4, -0.2) is 10.7 Å². The van der Waals surface area contributed by atoms with Gasteiger partial charge in [-0.3, -0.25) is 0 Å². The van der Waals surface area contributed by atoms with Crippen LogP contribution < -0.4 is 0 Å². The first-order valence-electron chi connectivity index (χ1n) is 5.06. The van der Waals surface area contributed by atoms with Gasteiger partial charge in [0.25, 0.3) is 0 Å². The van der Waals surface area contributed by atoms with Crippen LogP contribution in [0.3, 0.4) is 0 Å². The highest BCUT2D eigenvalue weighted by atomic mass is 16.3. The molecular formula is C13H16O.